The number of rotatable bonds is 6. The molecular weight excluding hydrogens is 230 g/mol. The van der Waals surface area contributed by atoms with Gasteiger partial charge in [0.1, 0.15) is 0 Å². The van der Waals surface area contributed by atoms with E-state index in [1.807, 2.05) is 0 Å². The van der Waals surface area contributed by atoms with E-state index < -0.39 is 11.5 Å². The highest BCUT2D eigenvalue weighted by molar-refractivity contribution is 5.78. The van der Waals surface area contributed by atoms with Crippen LogP contribution in [-0.2, 0) is 9.59 Å². The molecule has 0 aromatic heterocycles. The van der Waals surface area contributed by atoms with Gasteiger partial charge in [0.15, 0.2) is 0 Å². The molecule has 4 nitrogen and oxygen atoms in total. The van der Waals surface area contributed by atoms with E-state index >= 15 is 0 Å². The van der Waals surface area contributed by atoms with Crippen molar-refractivity contribution in [3.8, 4) is 0 Å². The second kappa shape index (κ2) is 6.76. The summed E-state index contributed by atoms with van der Waals surface area (Å²) in [6.07, 6.45) is 7.35. The van der Waals surface area contributed by atoms with Crippen LogP contribution in [0, 0.1) is 0 Å². The van der Waals surface area contributed by atoms with E-state index in [0.717, 1.165) is 44.9 Å². The highest BCUT2D eigenvalue weighted by Crippen LogP contribution is 2.36. The van der Waals surface area contributed by atoms with Gasteiger partial charge in [0.2, 0.25) is 5.91 Å². The molecule has 0 unspecified atom stereocenters. The summed E-state index contributed by atoms with van der Waals surface area (Å²) in [7, 11) is 1.78. The molecule has 0 heterocycles. The molecule has 0 saturated heterocycles. The fraction of sp³-hybridized carbons (Fsp3) is 0.857. The van der Waals surface area contributed by atoms with Gasteiger partial charge in [-0.1, -0.05) is 32.6 Å². The van der Waals surface area contributed by atoms with Crippen LogP contribution < -0.4 is 0 Å². The molecule has 18 heavy (non-hydrogen) atoms. The van der Waals surface area contributed by atoms with Gasteiger partial charge in [-0.25, -0.2) is 0 Å². The van der Waals surface area contributed by atoms with Crippen LogP contribution in [-0.4, -0.2) is 34.5 Å². The zero-order chi connectivity index (χ0) is 13.6. The SMILES string of the molecule is CCCCC(=O)N(C)C1(CC(=O)O)CCCCC1. The average molecular weight is 255 g/mol. The molecule has 0 atom stereocenters. The summed E-state index contributed by atoms with van der Waals surface area (Å²) in [5.74, 6) is -0.702. The number of carboxylic acids is 1. The maximum absolute atomic E-state index is 12.1. The number of unbranched alkanes of at least 4 members (excludes halogenated alkanes) is 1. The monoisotopic (exact) mass is 255 g/mol. The second-order valence-corrected chi connectivity index (χ2v) is 5.41. The van der Waals surface area contributed by atoms with Crippen molar-refractivity contribution in [3.63, 3.8) is 0 Å². The minimum atomic E-state index is -0.799. The first-order valence-corrected chi connectivity index (χ1v) is 7.00. The van der Waals surface area contributed by atoms with Crippen LogP contribution in [0.2, 0.25) is 0 Å². The summed E-state index contributed by atoms with van der Waals surface area (Å²) < 4.78 is 0. The summed E-state index contributed by atoms with van der Waals surface area (Å²) in [5.41, 5.74) is -0.436. The number of aliphatic carboxylic acids is 1. The van der Waals surface area contributed by atoms with Gasteiger partial charge >= 0.3 is 5.97 Å². The van der Waals surface area contributed by atoms with Crippen LogP contribution in [0.15, 0.2) is 0 Å². The number of amides is 1. The first-order chi connectivity index (χ1) is 8.52. The van der Waals surface area contributed by atoms with Gasteiger partial charge in [-0.3, -0.25) is 9.59 Å². The van der Waals surface area contributed by atoms with Crippen molar-refractivity contribution in [2.75, 3.05) is 7.05 Å². The fourth-order valence-corrected chi connectivity index (χ4v) is 2.88. The standard InChI is InChI=1S/C14H25NO3/c1-3-4-8-12(16)15(2)14(11-13(17)18)9-6-5-7-10-14/h3-11H2,1-2H3,(H,17,18). The van der Waals surface area contributed by atoms with E-state index in [0.29, 0.717) is 6.42 Å². The lowest BCUT2D eigenvalue weighted by molar-refractivity contribution is -0.146. The van der Waals surface area contributed by atoms with Crippen LogP contribution >= 0.6 is 0 Å². The van der Waals surface area contributed by atoms with Gasteiger partial charge < -0.3 is 10.0 Å². The summed E-state index contributed by atoms with van der Waals surface area (Å²) in [5, 5.41) is 9.10. The Hall–Kier alpha value is -1.06. The number of carbonyl (C=O) groups excluding carboxylic acids is 1. The van der Waals surface area contributed by atoms with Gasteiger partial charge in [0.25, 0.3) is 0 Å². The smallest absolute Gasteiger partial charge is 0.305 e. The number of carbonyl (C=O) groups is 2. The molecule has 0 spiro atoms. The quantitative estimate of drug-likeness (QED) is 0.794. The molecule has 1 saturated carbocycles. The Morgan fingerprint density at radius 3 is 2.33 bits per heavy atom. The molecule has 0 aromatic carbocycles. The molecule has 104 valence electrons. The van der Waals surface area contributed by atoms with Crippen LogP contribution in [0.25, 0.3) is 0 Å². The summed E-state index contributed by atoms with van der Waals surface area (Å²) >= 11 is 0. The first kappa shape index (κ1) is 15.0. The Morgan fingerprint density at radius 1 is 1.22 bits per heavy atom. The molecule has 1 aliphatic carbocycles. The van der Waals surface area contributed by atoms with Crippen LogP contribution in [0.4, 0.5) is 0 Å². The lowest BCUT2D eigenvalue weighted by Gasteiger charge is -2.44. The third-order valence-electron chi connectivity index (χ3n) is 4.09. The molecule has 1 rings (SSSR count). The Balaban J connectivity index is 2.74. The van der Waals surface area contributed by atoms with E-state index in [1.165, 1.54) is 0 Å². The minimum absolute atomic E-state index is 0.0847. The van der Waals surface area contributed by atoms with E-state index in [2.05, 4.69) is 6.92 Å². The molecule has 0 aliphatic heterocycles. The van der Waals surface area contributed by atoms with E-state index in [4.69, 9.17) is 5.11 Å². The van der Waals surface area contributed by atoms with Crippen molar-refractivity contribution in [2.24, 2.45) is 0 Å². The third-order valence-corrected chi connectivity index (χ3v) is 4.09. The van der Waals surface area contributed by atoms with Gasteiger partial charge in [-0.05, 0) is 19.3 Å². The maximum atomic E-state index is 12.1. The largest absolute Gasteiger partial charge is 0.481 e. The number of carboxylic acid groups (broad SMARTS) is 1. The molecule has 0 radical (unpaired) electrons. The van der Waals surface area contributed by atoms with E-state index in [1.54, 1.807) is 11.9 Å². The Kier molecular flexibility index (Phi) is 5.63. The van der Waals surface area contributed by atoms with Gasteiger partial charge in [-0.2, -0.15) is 0 Å². The normalized spacial score (nSPS) is 18.3. The van der Waals surface area contributed by atoms with Crippen LogP contribution in [0.1, 0.15) is 64.7 Å². The number of hydrogen-bond donors (Lipinski definition) is 1. The average Bonchev–Trinajstić information content (AvgIpc) is 2.35. The van der Waals surface area contributed by atoms with Gasteiger partial charge in [0.05, 0.1) is 12.0 Å². The summed E-state index contributed by atoms with van der Waals surface area (Å²) in [6, 6.07) is 0. The second-order valence-electron chi connectivity index (χ2n) is 5.41. The molecular formula is C14H25NO3. The fourth-order valence-electron chi connectivity index (χ4n) is 2.88. The zero-order valence-electron chi connectivity index (χ0n) is 11.6. The summed E-state index contributed by atoms with van der Waals surface area (Å²) in [4.78, 5) is 24.9. The third kappa shape index (κ3) is 3.72. The van der Waals surface area contributed by atoms with Crippen LogP contribution in [0.3, 0.4) is 0 Å². The predicted molar refractivity (Wildman–Crippen MR) is 70.4 cm³/mol. The van der Waals surface area contributed by atoms with Gasteiger partial charge in [0, 0.05) is 13.5 Å². The zero-order valence-corrected chi connectivity index (χ0v) is 11.6. The van der Waals surface area contributed by atoms with Crippen molar-refractivity contribution in [1.82, 2.24) is 4.90 Å². The van der Waals surface area contributed by atoms with E-state index in [9.17, 15) is 9.59 Å². The Labute approximate surface area is 109 Å². The first-order valence-electron chi connectivity index (χ1n) is 7.00. The number of nitrogens with zero attached hydrogens (tertiary/aromatic N) is 1. The lowest BCUT2D eigenvalue weighted by atomic mass is 9.78. The Bertz CT molecular complexity index is 295. The van der Waals surface area contributed by atoms with Crippen molar-refractivity contribution in [1.29, 1.82) is 0 Å². The molecule has 0 aromatic rings. The molecule has 1 aliphatic rings. The van der Waals surface area contributed by atoms with Gasteiger partial charge in [-0.15, -0.1) is 0 Å². The molecule has 1 amide bonds. The molecule has 1 fully saturated rings. The van der Waals surface area contributed by atoms with Crippen LogP contribution in [0.5, 0.6) is 0 Å². The van der Waals surface area contributed by atoms with Crippen molar-refractivity contribution in [2.45, 2.75) is 70.3 Å². The van der Waals surface area contributed by atoms with Crippen molar-refractivity contribution < 1.29 is 14.7 Å². The molecule has 4 heteroatoms. The summed E-state index contributed by atoms with van der Waals surface area (Å²) in [6.45, 7) is 2.06. The van der Waals surface area contributed by atoms with E-state index in [-0.39, 0.29) is 12.3 Å². The van der Waals surface area contributed by atoms with Crippen molar-refractivity contribution >= 4 is 11.9 Å². The number of hydrogen-bond acceptors (Lipinski definition) is 2. The Morgan fingerprint density at radius 2 is 1.83 bits per heavy atom. The predicted octanol–water partition coefficient (Wildman–Crippen LogP) is 2.81. The topological polar surface area (TPSA) is 57.6 Å². The highest BCUT2D eigenvalue weighted by atomic mass is 16.4. The maximum Gasteiger partial charge on any atom is 0.305 e. The highest BCUT2D eigenvalue weighted by Gasteiger charge is 2.40. The molecule has 0 bridgehead atoms. The lowest BCUT2D eigenvalue weighted by Crippen LogP contribution is -2.52. The van der Waals surface area contributed by atoms with Crippen molar-refractivity contribution in [3.05, 3.63) is 0 Å². The molecule has 1 N–H and O–H groups in total. The minimum Gasteiger partial charge on any atom is -0.481 e.